The Bertz CT molecular complexity index is 1150. The molecule has 0 radical (unpaired) electrons. The summed E-state index contributed by atoms with van der Waals surface area (Å²) in [5, 5.41) is 0. The highest BCUT2D eigenvalue weighted by Crippen LogP contribution is 2.36. The number of benzene rings is 1. The molecule has 0 spiro atoms. The van der Waals surface area contributed by atoms with Gasteiger partial charge in [0.1, 0.15) is 29.0 Å². The summed E-state index contributed by atoms with van der Waals surface area (Å²) in [6.45, 7) is 0. The molecule has 10 heteroatoms. The van der Waals surface area contributed by atoms with Crippen molar-refractivity contribution in [2.24, 2.45) is 0 Å². The first-order chi connectivity index (χ1) is 14.9. The number of anilines is 1. The van der Waals surface area contributed by atoms with Crippen molar-refractivity contribution in [2.75, 3.05) is 4.72 Å². The van der Waals surface area contributed by atoms with E-state index in [1.165, 1.54) is 12.3 Å². The SMILES string of the molecule is O=S(=O)(Nc1ccncn1)c1cc(F)c(O[C@H]2CCCC[C@@H]2c2cccnc2)cc1F. The fourth-order valence-corrected chi connectivity index (χ4v) is 4.81. The lowest BCUT2D eigenvalue weighted by Gasteiger charge is -2.32. The van der Waals surface area contributed by atoms with Crippen LogP contribution < -0.4 is 9.46 Å². The van der Waals surface area contributed by atoms with Crippen LogP contribution in [0.15, 0.2) is 60.1 Å². The quantitative estimate of drug-likeness (QED) is 0.614. The predicted molar refractivity (Wildman–Crippen MR) is 109 cm³/mol. The zero-order valence-electron chi connectivity index (χ0n) is 16.4. The first kappa shape index (κ1) is 21.1. The number of aromatic nitrogens is 3. The van der Waals surface area contributed by atoms with Gasteiger partial charge in [-0.3, -0.25) is 9.71 Å². The highest BCUT2D eigenvalue weighted by molar-refractivity contribution is 7.92. The van der Waals surface area contributed by atoms with E-state index >= 15 is 0 Å². The topological polar surface area (TPSA) is 94.1 Å². The molecular formula is C21H20F2N4O3S. The van der Waals surface area contributed by atoms with E-state index in [2.05, 4.69) is 19.7 Å². The molecule has 2 aromatic heterocycles. The van der Waals surface area contributed by atoms with Crippen LogP contribution in [-0.4, -0.2) is 29.5 Å². The van der Waals surface area contributed by atoms with Crippen LogP contribution in [0, 0.1) is 11.6 Å². The van der Waals surface area contributed by atoms with E-state index in [1.54, 1.807) is 12.4 Å². The van der Waals surface area contributed by atoms with Gasteiger partial charge in [-0.25, -0.2) is 27.2 Å². The van der Waals surface area contributed by atoms with Crippen LogP contribution >= 0.6 is 0 Å². The van der Waals surface area contributed by atoms with E-state index in [4.69, 9.17) is 4.74 Å². The van der Waals surface area contributed by atoms with Gasteiger partial charge in [-0.1, -0.05) is 12.5 Å². The fraction of sp³-hybridized carbons (Fsp3) is 0.286. The van der Waals surface area contributed by atoms with E-state index in [0.29, 0.717) is 12.5 Å². The van der Waals surface area contributed by atoms with Gasteiger partial charge >= 0.3 is 0 Å². The number of sulfonamides is 1. The van der Waals surface area contributed by atoms with Gasteiger partial charge in [0.15, 0.2) is 11.6 Å². The Kier molecular flexibility index (Phi) is 6.08. The zero-order chi connectivity index (χ0) is 21.8. The minimum atomic E-state index is -4.39. The molecular weight excluding hydrogens is 426 g/mol. The third-order valence-electron chi connectivity index (χ3n) is 5.19. The highest BCUT2D eigenvalue weighted by atomic mass is 32.2. The van der Waals surface area contributed by atoms with Crippen molar-refractivity contribution in [3.8, 4) is 5.75 Å². The number of rotatable bonds is 6. The van der Waals surface area contributed by atoms with E-state index in [1.807, 2.05) is 12.1 Å². The van der Waals surface area contributed by atoms with Crippen LogP contribution in [0.1, 0.15) is 37.2 Å². The standard InChI is InChI=1S/C21H20F2N4O3S/c22-16-11-20(31(28,29)27-21-7-9-25-13-26-21)17(23)10-19(16)30-18-6-2-1-5-15(18)14-4-3-8-24-12-14/h3-4,7-13,15,18H,1-2,5-6H2,(H,25,26,27)/t15-,18+/m1/s1. The van der Waals surface area contributed by atoms with Crippen molar-refractivity contribution >= 4 is 15.8 Å². The van der Waals surface area contributed by atoms with Gasteiger partial charge in [0.05, 0.1) is 0 Å². The second kappa shape index (κ2) is 8.93. The number of nitrogens with one attached hydrogen (secondary N) is 1. The highest BCUT2D eigenvalue weighted by Gasteiger charge is 2.30. The lowest BCUT2D eigenvalue weighted by molar-refractivity contribution is 0.124. The second-order valence-electron chi connectivity index (χ2n) is 7.25. The van der Waals surface area contributed by atoms with Crippen LogP contribution in [0.2, 0.25) is 0 Å². The summed E-state index contributed by atoms with van der Waals surface area (Å²) >= 11 is 0. The largest absolute Gasteiger partial charge is 0.487 e. The first-order valence-electron chi connectivity index (χ1n) is 9.78. The lowest BCUT2D eigenvalue weighted by atomic mass is 9.82. The van der Waals surface area contributed by atoms with Crippen molar-refractivity contribution in [2.45, 2.75) is 42.6 Å². The molecule has 1 fully saturated rings. The van der Waals surface area contributed by atoms with Gasteiger partial charge in [-0.15, -0.1) is 0 Å². The Balaban J connectivity index is 1.58. The van der Waals surface area contributed by atoms with Crippen LogP contribution in [0.25, 0.3) is 0 Å². The lowest BCUT2D eigenvalue weighted by Crippen LogP contribution is -2.29. The van der Waals surface area contributed by atoms with Gasteiger partial charge in [0.2, 0.25) is 0 Å². The Labute approximate surface area is 178 Å². The summed E-state index contributed by atoms with van der Waals surface area (Å²) in [5.74, 6) is -2.46. The van der Waals surface area contributed by atoms with Gasteiger partial charge in [0.25, 0.3) is 10.0 Å². The maximum absolute atomic E-state index is 14.8. The molecule has 1 aliphatic carbocycles. The molecule has 31 heavy (non-hydrogen) atoms. The fourth-order valence-electron chi connectivity index (χ4n) is 3.73. The molecule has 4 rings (SSSR count). The number of hydrogen-bond donors (Lipinski definition) is 1. The van der Waals surface area contributed by atoms with Crippen LogP contribution in [0.5, 0.6) is 5.75 Å². The molecule has 1 aromatic carbocycles. The minimum Gasteiger partial charge on any atom is -0.487 e. The molecule has 0 bridgehead atoms. The third kappa shape index (κ3) is 4.79. The molecule has 162 valence electrons. The Morgan fingerprint density at radius 3 is 2.61 bits per heavy atom. The number of ether oxygens (including phenoxy) is 1. The predicted octanol–water partition coefficient (Wildman–Crippen LogP) is 4.06. The minimum absolute atomic E-state index is 0.00671. The van der Waals surface area contributed by atoms with Crippen molar-refractivity contribution in [3.05, 3.63) is 72.4 Å². The number of nitrogens with zero attached hydrogens (tertiary/aromatic N) is 3. The summed E-state index contributed by atoms with van der Waals surface area (Å²) in [6.07, 6.45) is 8.93. The number of pyridine rings is 1. The molecule has 2 atom stereocenters. The van der Waals surface area contributed by atoms with Gasteiger partial charge in [-0.2, -0.15) is 0 Å². The van der Waals surface area contributed by atoms with Gasteiger partial charge in [0, 0.05) is 36.6 Å². The van der Waals surface area contributed by atoms with Crippen molar-refractivity contribution < 1.29 is 21.9 Å². The number of halogens is 2. The molecule has 0 amide bonds. The van der Waals surface area contributed by atoms with Crippen molar-refractivity contribution in [1.82, 2.24) is 15.0 Å². The second-order valence-corrected chi connectivity index (χ2v) is 8.90. The molecule has 0 aliphatic heterocycles. The van der Waals surface area contributed by atoms with E-state index in [0.717, 1.165) is 37.2 Å². The average Bonchev–Trinajstić information content (AvgIpc) is 2.77. The molecule has 0 unspecified atom stereocenters. The molecule has 1 saturated carbocycles. The smallest absolute Gasteiger partial charge is 0.266 e. The maximum Gasteiger partial charge on any atom is 0.266 e. The molecule has 1 N–H and O–H groups in total. The monoisotopic (exact) mass is 446 g/mol. The molecule has 2 heterocycles. The summed E-state index contributed by atoms with van der Waals surface area (Å²) in [7, 11) is -4.39. The van der Waals surface area contributed by atoms with Gasteiger partial charge in [-0.05, 0) is 37.0 Å². The van der Waals surface area contributed by atoms with E-state index in [-0.39, 0.29) is 23.6 Å². The number of hydrogen-bond acceptors (Lipinski definition) is 6. The Morgan fingerprint density at radius 1 is 1.03 bits per heavy atom. The molecule has 0 saturated heterocycles. The molecule has 7 nitrogen and oxygen atoms in total. The van der Waals surface area contributed by atoms with Crippen molar-refractivity contribution in [3.63, 3.8) is 0 Å². The third-order valence-corrected chi connectivity index (χ3v) is 6.56. The Morgan fingerprint density at radius 2 is 1.87 bits per heavy atom. The summed E-state index contributed by atoms with van der Waals surface area (Å²) in [4.78, 5) is 10.7. The Hall–Kier alpha value is -3.14. The maximum atomic E-state index is 14.8. The average molecular weight is 446 g/mol. The summed E-state index contributed by atoms with van der Waals surface area (Å²) in [6, 6.07) is 6.45. The van der Waals surface area contributed by atoms with Crippen molar-refractivity contribution in [1.29, 1.82) is 0 Å². The van der Waals surface area contributed by atoms with Crippen LogP contribution in [-0.2, 0) is 10.0 Å². The van der Waals surface area contributed by atoms with E-state index < -0.39 is 26.6 Å². The zero-order valence-corrected chi connectivity index (χ0v) is 17.2. The summed E-state index contributed by atoms with van der Waals surface area (Å²) in [5.41, 5.74) is 0.973. The summed E-state index contributed by atoms with van der Waals surface area (Å²) < 4.78 is 62.4. The molecule has 1 aliphatic rings. The van der Waals surface area contributed by atoms with Crippen LogP contribution in [0.3, 0.4) is 0 Å². The van der Waals surface area contributed by atoms with Crippen LogP contribution in [0.4, 0.5) is 14.6 Å². The first-order valence-corrected chi connectivity index (χ1v) is 11.3. The molecule has 3 aromatic rings. The van der Waals surface area contributed by atoms with Gasteiger partial charge < -0.3 is 4.74 Å². The van der Waals surface area contributed by atoms with E-state index in [9.17, 15) is 17.2 Å². The normalized spacial score (nSPS) is 19.0.